The van der Waals surface area contributed by atoms with Gasteiger partial charge in [0.05, 0.1) is 6.04 Å². The number of benzene rings is 1. The number of anilines is 1. The SMILES string of the molecule is CC(=O)N(c1ccccc1[N+]#N)C1C=CCCC1.F[B-](F)(F)F. The number of amides is 1. The van der Waals surface area contributed by atoms with Crippen LogP contribution in [-0.4, -0.2) is 19.2 Å². The van der Waals surface area contributed by atoms with Gasteiger partial charge in [0.25, 0.3) is 0 Å². The van der Waals surface area contributed by atoms with Crippen molar-refractivity contribution in [2.45, 2.75) is 32.2 Å². The molecule has 124 valence electrons. The molecule has 1 aliphatic rings. The van der Waals surface area contributed by atoms with Crippen molar-refractivity contribution in [3.05, 3.63) is 41.4 Å². The highest BCUT2D eigenvalue weighted by Crippen LogP contribution is 2.32. The molecule has 1 aromatic carbocycles. The first-order chi connectivity index (χ1) is 10.7. The maximum atomic E-state index is 11.9. The topological polar surface area (TPSA) is 48.5 Å². The molecule has 1 aromatic rings. The predicted molar refractivity (Wildman–Crippen MR) is 81.3 cm³/mol. The summed E-state index contributed by atoms with van der Waals surface area (Å²) in [7, 11) is -6.00. The summed E-state index contributed by atoms with van der Waals surface area (Å²) in [6.07, 6.45) is 7.23. The number of halogens is 4. The van der Waals surface area contributed by atoms with Crippen molar-refractivity contribution >= 4 is 24.5 Å². The third-order valence-corrected chi connectivity index (χ3v) is 3.15. The summed E-state index contributed by atoms with van der Waals surface area (Å²) < 4.78 is 39.0. The minimum absolute atomic E-state index is 0.0392. The molecular weight excluding hydrogens is 313 g/mol. The minimum Gasteiger partial charge on any atom is -0.418 e. The molecule has 0 bridgehead atoms. The summed E-state index contributed by atoms with van der Waals surface area (Å²) in [4.78, 5) is 16.8. The van der Waals surface area contributed by atoms with E-state index in [1.165, 1.54) is 6.92 Å². The molecule has 0 fully saturated rings. The Morgan fingerprint density at radius 1 is 1.30 bits per heavy atom. The van der Waals surface area contributed by atoms with Crippen LogP contribution in [0.5, 0.6) is 0 Å². The van der Waals surface area contributed by atoms with E-state index in [2.05, 4.69) is 17.1 Å². The average molecular weight is 329 g/mol. The van der Waals surface area contributed by atoms with Gasteiger partial charge in [-0.15, -0.1) is 0 Å². The first kappa shape index (κ1) is 18.7. The highest BCUT2D eigenvalue weighted by Gasteiger charge is 2.28. The molecule has 4 nitrogen and oxygen atoms in total. The van der Waals surface area contributed by atoms with Gasteiger partial charge in [-0.25, -0.2) is 0 Å². The Hall–Kier alpha value is -2.37. The van der Waals surface area contributed by atoms with Crippen molar-refractivity contribution in [1.82, 2.24) is 0 Å². The Labute approximate surface area is 131 Å². The number of hydrogen-bond donors (Lipinski definition) is 0. The van der Waals surface area contributed by atoms with E-state index in [1.54, 1.807) is 23.1 Å². The van der Waals surface area contributed by atoms with Crippen LogP contribution in [0, 0.1) is 5.39 Å². The smallest absolute Gasteiger partial charge is 0.418 e. The lowest BCUT2D eigenvalue weighted by Gasteiger charge is -2.29. The summed E-state index contributed by atoms with van der Waals surface area (Å²) >= 11 is 0. The number of hydrogen-bond acceptors (Lipinski definition) is 2. The van der Waals surface area contributed by atoms with E-state index in [9.17, 15) is 22.1 Å². The fourth-order valence-electron chi connectivity index (χ4n) is 2.34. The molecule has 0 heterocycles. The number of para-hydroxylation sites is 1. The van der Waals surface area contributed by atoms with E-state index in [-0.39, 0.29) is 11.9 Å². The summed E-state index contributed by atoms with van der Waals surface area (Å²) in [6, 6.07) is 7.18. The van der Waals surface area contributed by atoms with E-state index in [0.29, 0.717) is 11.4 Å². The minimum atomic E-state index is -6.00. The summed E-state index contributed by atoms with van der Waals surface area (Å²) in [5.74, 6) is -0.0392. The Morgan fingerprint density at radius 2 is 1.91 bits per heavy atom. The Kier molecular flexibility index (Phi) is 6.75. The standard InChI is InChI=1S/C14H16N3O.BF4/c1-11(18)17(12-7-3-2-4-8-12)14-10-6-5-9-13(14)16-15;2-1(3,4)5/h3,5-7,9-10,12H,2,4,8H2,1H3;/q+1;-1. The lowest BCUT2D eigenvalue weighted by molar-refractivity contribution is -0.116. The number of diazo groups is 1. The van der Waals surface area contributed by atoms with Gasteiger partial charge in [-0.2, -0.15) is 0 Å². The molecule has 1 aliphatic carbocycles. The molecule has 0 saturated carbocycles. The lowest BCUT2D eigenvalue weighted by Crippen LogP contribution is -2.38. The second-order valence-electron chi connectivity index (χ2n) is 4.90. The first-order valence-corrected chi connectivity index (χ1v) is 7.02. The van der Waals surface area contributed by atoms with Gasteiger partial charge in [0.2, 0.25) is 11.3 Å². The van der Waals surface area contributed by atoms with E-state index in [0.717, 1.165) is 19.3 Å². The zero-order valence-corrected chi connectivity index (χ0v) is 12.5. The van der Waals surface area contributed by atoms with Gasteiger partial charge in [0, 0.05) is 13.0 Å². The molecule has 0 aromatic heterocycles. The van der Waals surface area contributed by atoms with Crippen molar-refractivity contribution in [2.75, 3.05) is 4.90 Å². The van der Waals surface area contributed by atoms with Gasteiger partial charge in [-0.3, -0.25) is 9.69 Å². The van der Waals surface area contributed by atoms with Crippen LogP contribution in [0.2, 0.25) is 0 Å². The van der Waals surface area contributed by atoms with Crippen LogP contribution in [0.1, 0.15) is 26.2 Å². The third kappa shape index (κ3) is 6.51. The normalized spacial score (nSPS) is 16.8. The highest BCUT2D eigenvalue weighted by atomic mass is 19.5. The van der Waals surface area contributed by atoms with E-state index < -0.39 is 7.25 Å². The fraction of sp³-hybridized carbons (Fsp3) is 0.357. The van der Waals surface area contributed by atoms with Gasteiger partial charge in [-0.1, -0.05) is 24.3 Å². The number of carbonyl (C=O) groups is 1. The molecule has 9 heteroatoms. The number of nitrogens with zero attached hydrogens (tertiary/aromatic N) is 3. The second-order valence-corrected chi connectivity index (χ2v) is 4.90. The van der Waals surface area contributed by atoms with Crippen molar-refractivity contribution in [3.8, 4) is 0 Å². The van der Waals surface area contributed by atoms with Crippen LogP contribution in [-0.2, 0) is 4.79 Å². The molecule has 0 radical (unpaired) electrons. The predicted octanol–water partition coefficient (Wildman–Crippen LogP) is 4.93. The Balaban J connectivity index is 0.000000463. The second kappa shape index (κ2) is 8.32. The molecule has 0 saturated heterocycles. The zero-order chi connectivity index (χ0) is 17.5. The van der Waals surface area contributed by atoms with Crippen LogP contribution in [0.15, 0.2) is 36.4 Å². The van der Waals surface area contributed by atoms with E-state index in [4.69, 9.17) is 5.39 Å². The van der Waals surface area contributed by atoms with Crippen LogP contribution < -0.4 is 4.90 Å². The van der Waals surface area contributed by atoms with Crippen LogP contribution in [0.25, 0.3) is 4.98 Å². The molecule has 23 heavy (non-hydrogen) atoms. The monoisotopic (exact) mass is 329 g/mol. The van der Waals surface area contributed by atoms with Gasteiger partial charge >= 0.3 is 12.9 Å². The molecular formula is C14H16BF4N3O. The van der Waals surface area contributed by atoms with Crippen LogP contribution in [0.3, 0.4) is 0 Å². The van der Waals surface area contributed by atoms with E-state index >= 15 is 0 Å². The first-order valence-electron chi connectivity index (χ1n) is 7.02. The zero-order valence-electron chi connectivity index (χ0n) is 12.5. The molecule has 1 amide bonds. The lowest BCUT2D eigenvalue weighted by atomic mass is 10.0. The molecule has 2 rings (SSSR count). The summed E-state index contributed by atoms with van der Waals surface area (Å²) in [5.41, 5.74) is 1.08. The third-order valence-electron chi connectivity index (χ3n) is 3.15. The largest absolute Gasteiger partial charge is 0.673 e. The number of rotatable bonds is 2. The van der Waals surface area contributed by atoms with Crippen LogP contribution in [0.4, 0.5) is 28.6 Å². The van der Waals surface area contributed by atoms with Crippen molar-refractivity contribution in [1.29, 1.82) is 5.39 Å². The fourth-order valence-corrected chi connectivity index (χ4v) is 2.34. The van der Waals surface area contributed by atoms with Crippen molar-refractivity contribution < 1.29 is 22.1 Å². The average Bonchev–Trinajstić information content (AvgIpc) is 2.47. The molecule has 0 N–H and O–H groups in total. The highest BCUT2D eigenvalue weighted by molar-refractivity contribution is 6.50. The van der Waals surface area contributed by atoms with Gasteiger partial charge in [0.1, 0.15) is 5.69 Å². The summed E-state index contributed by atoms with van der Waals surface area (Å²) in [6.45, 7) is 1.54. The number of carbonyl (C=O) groups excluding carboxylic acids is 1. The van der Waals surface area contributed by atoms with Gasteiger partial charge < -0.3 is 17.3 Å². The number of allylic oxidation sites excluding steroid dienone is 1. The summed E-state index contributed by atoms with van der Waals surface area (Å²) in [5, 5.41) is 9.02. The van der Waals surface area contributed by atoms with E-state index in [1.807, 2.05) is 6.07 Å². The molecule has 0 aliphatic heterocycles. The van der Waals surface area contributed by atoms with Crippen molar-refractivity contribution in [2.24, 2.45) is 0 Å². The molecule has 0 spiro atoms. The Bertz CT molecular complexity index is 607. The van der Waals surface area contributed by atoms with Gasteiger partial charge in [-0.05, 0) is 25.3 Å². The van der Waals surface area contributed by atoms with Crippen LogP contribution >= 0.6 is 0 Å². The molecule has 1 atom stereocenters. The maximum Gasteiger partial charge on any atom is 0.673 e. The molecule has 1 unspecified atom stereocenters. The van der Waals surface area contributed by atoms with Crippen molar-refractivity contribution in [3.63, 3.8) is 0 Å². The van der Waals surface area contributed by atoms with Gasteiger partial charge in [0.15, 0.2) is 4.98 Å². The Morgan fingerprint density at radius 3 is 2.39 bits per heavy atom. The quantitative estimate of drug-likeness (QED) is 0.334. The maximum absolute atomic E-state index is 11.9.